The first kappa shape index (κ1) is 14.5. The highest BCUT2D eigenvalue weighted by atomic mass is 32.2. The maximum absolute atomic E-state index is 11.8. The Bertz CT molecular complexity index is 668. The van der Waals surface area contributed by atoms with E-state index in [4.69, 9.17) is 0 Å². The van der Waals surface area contributed by atoms with E-state index in [0.717, 1.165) is 25.4 Å². The maximum atomic E-state index is 11.8. The van der Waals surface area contributed by atoms with Crippen LogP contribution < -0.4 is 0 Å². The summed E-state index contributed by atoms with van der Waals surface area (Å²) in [6.45, 7) is 1.71. The molecule has 12 heteroatoms. The van der Waals surface area contributed by atoms with Crippen molar-refractivity contribution >= 4 is 38.5 Å². The quantitative estimate of drug-likeness (QED) is 0.533. The van der Waals surface area contributed by atoms with Crippen LogP contribution in [-0.4, -0.2) is 59.2 Å². The number of amides is 2. The summed E-state index contributed by atoms with van der Waals surface area (Å²) in [4.78, 5) is 23.7. The van der Waals surface area contributed by atoms with Gasteiger partial charge < -0.3 is 0 Å². The van der Waals surface area contributed by atoms with Crippen molar-refractivity contribution in [3.8, 4) is 0 Å². The first-order valence-corrected chi connectivity index (χ1v) is 7.48. The number of carbonyl (C=O) groups is 2. The average molecular weight is 318 g/mol. The number of hydrogen-bond acceptors (Lipinski definition) is 9. The fraction of sp³-hybridized carbons (Fsp3) is 0.500. The molecule has 1 saturated heterocycles. The van der Waals surface area contributed by atoms with Crippen LogP contribution >= 0.6 is 11.3 Å². The van der Waals surface area contributed by atoms with Crippen molar-refractivity contribution in [2.24, 2.45) is 10.2 Å². The molecule has 1 aromatic rings. The zero-order chi connectivity index (χ0) is 15.1. The summed E-state index contributed by atoms with van der Waals surface area (Å²) >= 11 is 1.13. The predicted molar refractivity (Wildman–Crippen MR) is 67.4 cm³/mol. The Kier molecular flexibility index (Phi) is 3.52. The molecule has 0 N–H and O–H groups in total. The number of azo groups is 1. The van der Waals surface area contributed by atoms with E-state index < -0.39 is 28.1 Å². The van der Waals surface area contributed by atoms with Crippen LogP contribution in [-0.2, 0) is 19.8 Å². The second-order valence-electron chi connectivity index (χ2n) is 3.84. The Balaban J connectivity index is 2.30. The highest BCUT2D eigenvalue weighted by Crippen LogP contribution is 2.21. The maximum Gasteiger partial charge on any atom is 0.330 e. The van der Waals surface area contributed by atoms with Crippen molar-refractivity contribution in [2.45, 2.75) is 13.0 Å². The van der Waals surface area contributed by atoms with Gasteiger partial charge in [0, 0.05) is 14.1 Å². The molecular formula is C8H10N6O4S2. The summed E-state index contributed by atoms with van der Waals surface area (Å²) < 4.78 is 24.3. The van der Waals surface area contributed by atoms with E-state index in [-0.39, 0.29) is 5.13 Å². The fourth-order valence-electron chi connectivity index (χ4n) is 1.39. The molecule has 2 rings (SSSR count). The molecule has 0 bridgehead atoms. The van der Waals surface area contributed by atoms with E-state index >= 15 is 0 Å². The summed E-state index contributed by atoms with van der Waals surface area (Å²) in [5.41, 5.74) is 0. The number of nitrogens with zero attached hydrogens (tertiary/aromatic N) is 6. The largest absolute Gasteiger partial charge is 0.330 e. The first-order chi connectivity index (χ1) is 9.25. The molecule has 108 valence electrons. The van der Waals surface area contributed by atoms with Gasteiger partial charge in [0.05, 0.1) is 0 Å². The van der Waals surface area contributed by atoms with Crippen LogP contribution in [0.3, 0.4) is 0 Å². The third kappa shape index (κ3) is 2.27. The molecule has 0 aromatic carbocycles. The van der Waals surface area contributed by atoms with Crippen molar-refractivity contribution in [2.75, 3.05) is 14.1 Å². The molecule has 1 aliphatic rings. The van der Waals surface area contributed by atoms with Crippen LogP contribution in [0.25, 0.3) is 0 Å². The van der Waals surface area contributed by atoms with Gasteiger partial charge in [-0.05, 0) is 6.92 Å². The average Bonchev–Trinajstić information content (AvgIpc) is 2.80. The van der Waals surface area contributed by atoms with Gasteiger partial charge in [0.25, 0.3) is 16.9 Å². The lowest BCUT2D eigenvalue weighted by atomic mass is 10.3. The van der Waals surface area contributed by atoms with Crippen molar-refractivity contribution in [3.63, 3.8) is 0 Å². The number of aryl methyl sites for hydroxylation is 1. The molecule has 20 heavy (non-hydrogen) atoms. The predicted octanol–water partition coefficient (Wildman–Crippen LogP) is -0.526. The molecule has 2 heterocycles. The summed E-state index contributed by atoms with van der Waals surface area (Å²) in [6, 6.07) is -1.53. The standard InChI is InChI=1S/C8H10N6O4S2/c1-4-9-11-8(19-4)12-10-5-6(15)13(2)20(17,18)14(3)7(5)16/h5H,1-3H3. The minimum Gasteiger partial charge on any atom is -0.271 e. The van der Waals surface area contributed by atoms with E-state index in [9.17, 15) is 18.0 Å². The third-order valence-electron chi connectivity index (χ3n) is 2.55. The highest BCUT2D eigenvalue weighted by Gasteiger charge is 2.46. The van der Waals surface area contributed by atoms with Crippen molar-refractivity contribution in [3.05, 3.63) is 5.01 Å². The van der Waals surface area contributed by atoms with Gasteiger partial charge in [0.15, 0.2) is 0 Å². The third-order valence-corrected chi connectivity index (χ3v) is 5.02. The van der Waals surface area contributed by atoms with Gasteiger partial charge >= 0.3 is 10.2 Å². The summed E-state index contributed by atoms with van der Waals surface area (Å²) in [5.74, 6) is -1.92. The Morgan fingerprint density at radius 1 is 1.15 bits per heavy atom. The molecule has 2 amide bonds. The van der Waals surface area contributed by atoms with Crippen LogP contribution in [0.15, 0.2) is 10.2 Å². The zero-order valence-electron chi connectivity index (χ0n) is 10.7. The molecule has 0 saturated carbocycles. The first-order valence-electron chi connectivity index (χ1n) is 5.26. The van der Waals surface area contributed by atoms with E-state index in [1.807, 2.05) is 0 Å². The molecule has 0 spiro atoms. The Hall–Kier alpha value is -1.95. The van der Waals surface area contributed by atoms with Gasteiger partial charge in [0.2, 0.25) is 6.04 Å². The van der Waals surface area contributed by atoms with Crippen LogP contribution in [0.5, 0.6) is 0 Å². The van der Waals surface area contributed by atoms with E-state index in [1.165, 1.54) is 0 Å². The molecule has 0 radical (unpaired) electrons. The van der Waals surface area contributed by atoms with Crippen LogP contribution in [0.1, 0.15) is 5.01 Å². The summed E-state index contributed by atoms with van der Waals surface area (Å²) in [5, 5.41) is 15.4. The van der Waals surface area contributed by atoms with E-state index in [2.05, 4.69) is 20.4 Å². The molecule has 1 fully saturated rings. The topological polar surface area (TPSA) is 125 Å². The van der Waals surface area contributed by atoms with Crippen LogP contribution in [0.4, 0.5) is 5.13 Å². The molecule has 0 unspecified atom stereocenters. The summed E-state index contributed by atoms with van der Waals surface area (Å²) in [6.07, 6.45) is 0. The summed E-state index contributed by atoms with van der Waals surface area (Å²) in [7, 11) is -2.00. The molecule has 1 aromatic heterocycles. The minimum absolute atomic E-state index is 0.182. The number of likely N-dealkylation sites (N-methyl/N-ethyl adjacent to an activating group) is 2. The normalized spacial score (nSPS) is 20.1. The molecule has 0 aliphatic carbocycles. The van der Waals surface area contributed by atoms with Gasteiger partial charge in [-0.2, -0.15) is 13.5 Å². The fourth-order valence-corrected chi connectivity index (χ4v) is 2.93. The SMILES string of the molecule is Cc1nnc(N=NC2C(=O)N(C)S(=O)(=O)N(C)C2=O)s1. The van der Waals surface area contributed by atoms with Crippen LogP contribution in [0, 0.1) is 6.92 Å². The Morgan fingerprint density at radius 2 is 1.70 bits per heavy atom. The minimum atomic E-state index is -4.11. The van der Waals surface area contributed by atoms with Gasteiger partial charge in [-0.3, -0.25) is 9.59 Å². The lowest BCUT2D eigenvalue weighted by Gasteiger charge is -2.31. The van der Waals surface area contributed by atoms with E-state index in [1.54, 1.807) is 6.92 Å². The van der Waals surface area contributed by atoms with E-state index in [0.29, 0.717) is 13.6 Å². The Labute approximate surface area is 118 Å². The van der Waals surface area contributed by atoms with Crippen molar-refractivity contribution < 1.29 is 18.0 Å². The molecule has 10 nitrogen and oxygen atoms in total. The second kappa shape index (κ2) is 4.86. The molecule has 1 aliphatic heterocycles. The number of rotatable bonds is 2. The van der Waals surface area contributed by atoms with Crippen molar-refractivity contribution in [1.82, 2.24) is 18.8 Å². The number of aromatic nitrogens is 2. The smallest absolute Gasteiger partial charge is 0.271 e. The second-order valence-corrected chi connectivity index (χ2v) is 6.99. The van der Waals surface area contributed by atoms with Gasteiger partial charge in [-0.15, -0.1) is 15.3 Å². The van der Waals surface area contributed by atoms with Crippen molar-refractivity contribution in [1.29, 1.82) is 0 Å². The zero-order valence-corrected chi connectivity index (χ0v) is 12.3. The monoisotopic (exact) mass is 318 g/mol. The lowest BCUT2D eigenvalue weighted by molar-refractivity contribution is -0.139. The van der Waals surface area contributed by atoms with Gasteiger partial charge in [-0.25, -0.2) is 8.61 Å². The molecular weight excluding hydrogens is 308 g/mol. The van der Waals surface area contributed by atoms with Gasteiger partial charge in [0.1, 0.15) is 5.01 Å². The highest BCUT2D eigenvalue weighted by molar-refractivity contribution is 7.88. The molecule has 0 atom stereocenters. The van der Waals surface area contributed by atoms with Gasteiger partial charge in [-0.1, -0.05) is 11.3 Å². The number of carbonyl (C=O) groups excluding carboxylic acids is 2. The lowest BCUT2D eigenvalue weighted by Crippen LogP contribution is -2.58. The number of hydrogen-bond donors (Lipinski definition) is 0. The van der Waals surface area contributed by atoms with Crippen LogP contribution in [0.2, 0.25) is 0 Å². The Morgan fingerprint density at radius 3 is 2.15 bits per heavy atom.